The highest BCUT2D eigenvalue weighted by Crippen LogP contribution is 2.28. The van der Waals surface area contributed by atoms with Gasteiger partial charge in [0.2, 0.25) is 0 Å². The van der Waals surface area contributed by atoms with E-state index in [9.17, 15) is 4.79 Å². The van der Waals surface area contributed by atoms with Crippen LogP contribution < -0.4 is 15.4 Å². The van der Waals surface area contributed by atoms with Gasteiger partial charge in [-0.25, -0.2) is 15.0 Å². The number of hydrogen-bond acceptors (Lipinski definition) is 7. The fourth-order valence-electron chi connectivity index (χ4n) is 3.50. The molecule has 0 spiro atoms. The fourth-order valence-corrected chi connectivity index (χ4v) is 4.21. The van der Waals surface area contributed by atoms with Crippen molar-refractivity contribution in [2.45, 2.75) is 39.8 Å². The molecule has 1 amide bonds. The third-order valence-corrected chi connectivity index (χ3v) is 5.80. The Morgan fingerprint density at radius 1 is 1.09 bits per heavy atom. The Kier molecular flexibility index (Phi) is 6.84. The molecule has 170 valence electrons. The molecule has 0 saturated heterocycles. The molecule has 2 aromatic carbocycles. The largest absolute Gasteiger partial charge is 0.484 e. The Morgan fingerprint density at radius 3 is 2.76 bits per heavy atom. The van der Waals surface area contributed by atoms with Crippen LogP contribution in [-0.2, 0) is 4.79 Å². The minimum Gasteiger partial charge on any atom is -0.484 e. The Labute approximate surface area is 197 Å². The highest BCUT2D eigenvalue weighted by molar-refractivity contribution is 7.16. The second kappa shape index (κ2) is 9.95. The van der Waals surface area contributed by atoms with Crippen LogP contribution in [0.15, 0.2) is 54.0 Å². The average Bonchev–Trinajstić information content (AvgIpc) is 3.25. The second-order valence-corrected chi connectivity index (χ2v) is 9.06. The zero-order chi connectivity index (χ0) is 23.4. The first-order chi connectivity index (χ1) is 15.9. The number of aryl methyl sites for hydroxylation is 1. The molecule has 4 rings (SSSR count). The van der Waals surface area contributed by atoms with E-state index in [0.717, 1.165) is 32.9 Å². The molecule has 0 aliphatic heterocycles. The van der Waals surface area contributed by atoms with Gasteiger partial charge in [0.1, 0.15) is 17.4 Å². The summed E-state index contributed by atoms with van der Waals surface area (Å²) in [5.74, 6) is 1.96. The number of benzene rings is 2. The van der Waals surface area contributed by atoms with Gasteiger partial charge in [-0.2, -0.15) is 0 Å². The van der Waals surface area contributed by atoms with Crippen LogP contribution in [0.1, 0.15) is 38.2 Å². The molecule has 0 saturated carbocycles. The summed E-state index contributed by atoms with van der Waals surface area (Å²) < 4.78 is 6.79. The summed E-state index contributed by atoms with van der Waals surface area (Å²) in [4.78, 5) is 25.4. The van der Waals surface area contributed by atoms with E-state index in [1.807, 2.05) is 68.7 Å². The number of fused-ring (bicyclic) bond motifs is 1. The average molecular weight is 462 g/mol. The van der Waals surface area contributed by atoms with E-state index in [1.165, 1.54) is 0 Å². The normalized spacial score (nSPS) is 12.0. The molecule has 7 nitrogen and oxygen atoms in total. The monoisotopic (exact) mass is 461 g/mol. The number of nitrogens with one attached hydrogen (secondary N) is 2. The van der Waals surface area contributed by atoms with Crippen LogP contribution in [-0.4, -0.2) is 33.5 Å². The Hall–Kier alpha value is -3.52. The summed E-state index contributed by atoms with van der Waals surface area (Å²) >= 11 is 1.62. The molecule has 2 N–H and O–H groups in total. The van der Waals surface area contributed by atoms with Crippen molar-refractivity contribution in [3.63, 3.8) is 0 Å². The number of amides is 1. The van der Waals surface area contributed by atoms with Crippen LogP contribution in [0, 0.1) is 6.92 Å². The van der Waals surface area contributed by atoms with Gasteiger partial charge < -0.3 is 15.4 Å². The van der Waals surface area contributed by atoms with Crippen LogP contribution in [0.25, 0.3) is 21.5 Å². The van der Waals surface area contributed by atoms with Gasteiger partial charge in [-0.15, -0.1) is 11.3 Å². The molecule has 0 bridgehead atoms. The van der Waals surface area contributed by atoms with Gasteiger partial charge in [-0.05, 0) is 57.5 Å². The molecule has 0 aliphatic rings. The Bertz CT molecular complexity index is 1270. The molecule has 2 heterocycles. The molecule has 0 aliphatic carbocycles. The molecular weight excluding hydrogens is 434 g/mol. The van der Waals surface area contributed by atoms with Crippen molar-refractivity contribution >= 4 is 33.3 Å². The summed E-state index contributed by atoms with van der Waals surface area (Å²) in [6, 6.07) is 15.9. The SMILES string of the molecule is Cc1nc(NC(C)c2cccc(OCC(=O)NC(C)C)c2)cc(-c2ccc3ncsc3c2)n1. The molecule has 8 heteroatoms. The number of carbonyl (C=O) groups excluding carboxylic acids is 1. The molecule has 1 atom stereocenters. The highest BCUT2D eigenvalue weighted by Gasteiger charge is 2.12. The summed E-state index contributed by atoms with van der Waals surface area (Å²) in [6.45, 7) is 7.78. The van der Waals surface area contributed by atoms with Crippen molar-refractivity contribution in [3.8, 4) is 17.0 Å². The number of aromatic nitrogens is 3. The highest BCUT2D eigenvalue weighted by atomic mass is 32.1. The second-order valence-electron chi connectivity index (χ2n) is 8.17. The predicted octanol–water partition coefficient (Wildman–Crippen LogP) is 5.14. The number of anilines is 1. The lowest BCUT2D eigenvalue weighted by atomic mass is 10.1. The van der Waals surface area contributed by atoms with Crippen LogP contribution in [0.4, 0.5) is 5.82 Å². The van der Waals surface area contributed by atoms with Crippen molar-refractivity contribution in [1.29, 1.82) is 0 Å². The number of carbonyl (C=O) groups is 1. The van der Waals surface area contributed by atoms with E-state index in [2.05, 4.69) is 38.6 Å². The van der Waals surface area contributed by atoms with E-state index in [0.29, 0.717) is 11.6 Å². The smallest absolute Gasteiger partial charge is 0.258 e. The van der Waals surface area contributed by atoms with Crippen molar-refractivity contribution in [2.75, 3.05) is 11.9 Å². The van der Waals surface area contributed by atoms with Crippen LogP contribution >= 0.6 is 11.3 Å². The number of ether oxygens (including phenoxy) is 1. The topological polar surface area (TPSA) is 89.0 Å². The maximum atomic E-state index is 11.9. The summed E-state index contributed by atoms with van der Waals surface area (Å²) in [7, 11) is 0. The molecule has 0 fully saturated rings. The van der Waals surface area contributed by atoms with Gasteiger partial charge in [-0.1, -0.05) is 18.2 Å². The number of hydrogen-bond donors (Lipinski definition) is 2. The number of nitrogens with zero attached hydrogens (tertiary/aromatic N) is 3. The molecule has 1 unspecified atom stereocenters. The standard InChI is InChI=1S/C25H27N5O2S/c1-15(2)27-25(31)13-32-20-7-5-6-18(10-20)16(3)28-24-12-22(29-17(4)30-24)19-8-9-21-23(11-19)33-14-26-21/h5-12,14-16H,13H2,1-4H3,(H,27,31)(H,28,29,30). The predicted molar refractivity (Wildman–Crippen MR) is 133 cm³/mol. The van der Waals surface area contributed by atoms with Gasteiger partial charge in [0.15, 0.2) is 6.61 Å². The molecular formula is C25H27N5O2S. The quantitative estimate of drug-likeness (QED) is 0.378. The van der Waals surface area contributed by atoms with Gasteiger partial charge in [-0.3, -0.25) is 4.79 Å². The van der Waals surface area contributed by atoms with Crippen LogP contribution in [0.3, 0.4) is 0 Å². The number of rotatable bonds is 8. The fraction of sp³-hybridized carbons (Fsp3) is 0.280. The van der Waals surface area contributed by atoms with Crippen molar-refractivity contribution < 1.29 is 9.53 Å². The maximum Gasteiger partial charge on any atom is 0.258 e. The molecule has 33 heavy (non-hydrogen) atoms. The van der Waals surface area contributed by atoms with Gasteiger partial charge in [0.25, 0.3) is 5.91 Å². The van der Waals surface area contributed by atoms with E-state index >= 15 is 0 Å². The van der Waals surface area contributed by atoms with Gasteiger partial charge in [0.05, 0.1) is 27.5 Å². The van der Waals surface area contributed by atoms with E-state index in [-0.39, 0.29) is 24.6 Å². The minimum atomic E-state index is -0.137. The van der Waals surface area contributed by atoms with Crippen molar-refractivity contribution in [3.05, 3.63) is 65.4 Å². The van der Waals surface area contributed by atoms with Crippen molar-refractivity contribution in [2.24, 2.45) is 0 Å². The zero-order valence-electron chi connectivity index (χ0n) is 19.1. The molecule has 2 aromatic heterocycles. The lowest BCUT2D eigenvalue weighted by Gasteiger charge is -2.17. The molecule has 0 radical (unpaired) electrons. The zero-order valence-corrected chi connectivity index (χ0v) is 19.9. The van der Waals surface area contributed by atoms with E-state index < -0.39 is 0 Å². The van der Waals surface area contributed by atoms with Crippen LogP contribution in [0.2, 0.25) is 0 Å². The van der Waals surface area contributed by atoms with E-state index in [1.54, 1.807) is 11.3 Å². The summed E-state index contributed by atoms with van der Waals surface area (Å²) in [5, 5.41) is 6.29. The maximum absolute atomic E-state index is 11.9. The van der Waals surface area contributed by atoms with E-state index in [4.69, 9.17) is 4.74 Å². The summed E-state index contributed by atoms with van der Waals surface area (Å²) in [5.41, 5.74) is 5.76. The molecule has 4 aromatic rings. The Morgan fingerprint density at radius 2 is 1.94 bits per heavy atom. The number of thiazole rings is 1. The first-order valence-corrected chi connectivity index (χ1v) is 11.7. The first-order valence-electron chi connectivity index (χ1n) is 10.9. The third kappa shape index (κ3) is 5.84. The summed E-state index contributed by atoms with van der Waals surface area (Å²) in [6.07, 6.45) is 0. The van der Waals surface area contributed by atoms with Crippen molar-refractivity contribution in [1.82, 2.24) is 20.3 Å². The third-order valence-electron chi connectivity index (χ3n) is 5.01. The Balaban J connectivity index is 1.48. The van der Waals surface area contributed by atoms with Gasteiger partial charge in [0, 0.05) is 17.7 Å². The lowest BCUT2D eigenvalue weighted by Crippen LogP contribution is -2.34. The lowest BCUT2D eigenvalue weighted by molar-refractivity contribution is -0.123. The van der Waals surface area contributed by atoms with Gasteiger partial charge >= 0.3 is 0 Å². The minimum absolute atomic E-state index is 0.0119. The van der Waals surface area contributed by atoms with Crippen LogP contribution in [0.5, 0.6) is 5.75 Å². The first kappa shape index (κ1) is 22.7.